The van der Waals surface area contributed by atoms with Crippen LogP contribution in [0.2, 0.25) is 0 Å². The summed E-state index contributed by atoms with van der Waals surface area (Å²) in [6.45, 7) is 6.40. The third-order valence-corrected chi connectivity index (χ3v) is 3.75. The van der Waals surface area contributed by atoms with Gasteiger partial charge in [-0.05, 0) is 0 Å². The van der Waals surface area contributed by atoms with Crippen LogP contribution in [0.4, 0.5) is 5.82 Å². The molecule has 7 nitrogen and oxygen atoms in total. The number of hydrogen-bond acceptors (Lipinski definition) is 7. The molecule has 0 bridgehead atoms. The standard InChI is InChI=1S/C13H18N4O3.Li/c18-13(19)11-5-14-6-12(15-11)17-3-1-16(2-4-17)7-10-8-20-9-10;/h5-6,10H,1-4,7-9H2,(H,18,19);/q;+1/p-1. The summed E-state index contributed by atoms with van der Waals surface area (Å²) in [6.07, 6.45) is 2.81. The van der Waals surface area contributed by atoms with E-state index in [4.69, 9.17) is 4.74 Å². The van der Waals surface area contributed by atoms with Crippen LogP contribution in [0.1, 0.15) is 10.5 Å². The van der Waals surface area contributed by atoms with E-state index >= 15 is 0 Å². The zero-order valence-corrected chi connectivity index (χ0v) is 12.2. The van der Waals surface area contributed by atoms with Gasteiger partial charge in [-0.3, -0.25) is 9.88 Å². The van der Waals surface area contributed by atoms with E-state index in [1.807, 2.05) is 0 Å². The maximum Gasteiger partial charge on any atom is 1.00 e. The van der Waals surface area contributed by atoms with Crippen LogP contribution in [-0.2, 0) is 4.74 Å². The largest absolute Gasteiger partial charge is 1.00 e. The third kappa shape index (κ3) is 3.95. The quantitative estimate of drug-likeness (QED) is 0.516. The van der Waals surface area contributed by atoms with E-state index in [1.54, 1.807) is 6.20 Å². The van der Waals surface area contributed by atoms with Gasteiger partial charge in [-0.1, -0.05) is 0 Å². The van der Waals surface area contributed by atoms with Crippen molar-refractivity contribution in [2.75, 3.05) is 50.8 Å². The zero-order valence-electron chi connectivity index (χ0n) is 12.2. The predicted molar refractivity (Wildman–Crippen MR) is 69.3 cm³/mol. The van der Waals surface area contributed by atoms with Crippen molar-refractivity contribution in [1.82, 2.24) is 14.9 Å². The van der Waals surface area contributed by atoms with Crippen LogP contribution in [0.15, 0.2) is 12.4 Å². The second kappa shape index (κ2) is 7.23. The Bertz CT molecular complexity index is 490. The number of rotatable bonds is 4. The molecular weight excluding hydrogens is 267 g/mol. The van der Waals surface area contributed by atoms with Crippen molar-refractivity contribution in [3.63, 3.8) is 0 Å². The first-order chi connectivity index (χ1) is 9.72. The van der Waals surface area contributed by atoms with Crippen molar-refractivity contribution in [3.05, 3.63) is 18.1 Å². The van der Waals surface area contributed by atoms with Gasteiger partial charge < -0.3 is 19.5 Å². The van der Waals surface area contributed by atoms with E-state index in [2.05, 4.69) is 19.8 Å². The van der Waals surface area contributed by atoms with Crippen LogP contribution in [0.5, 0.6) is 0 Å². The summed E-state index contributed by atoms with van der Waals surface area (Å²) in [7, 11) is 0. The SMILES string of the molecule is O=C([O-])c1cncc(N2CCN(CC3COC3)CC2)n1.[Li+]. The molecule has 3 rings (SSSR count). The van der Waals surface area contributed by atoms with Crippen molar-refractivity contribution in [2.24, 2.45) is 5.92 Å². The molecular formula is C13H17LiN4O3. The number of nitrogens with zero attached hydrogens (tertiary/aromatic N) is 4. The molecule has 1 aromatic rings. The fourth-order valence-corrected chi connectivity index (χ4v) is 2.52. The number of carbonyl (C=O) groups excluding carboxylic acids is 1. The fraction of sp³-hybridized carbons (Fsp3) is 0.615. The van der Waals surface area contributed by atoms with Gasteiger partial charge in [0.1, 0.15) is 11.5 Å². The Labute approximate surface area is 135 Å². The van der Waals surface area contributed by atoms with Crippen LogP contribution in [0.25, 0.3) is 0 Å². The molecule has 8 heteroatoms. The molecule has 2 saturated heterocycles. The monoisotopic (exact) mass is 284 g/mol. The molecule has 2 aliphatic rings. The van der Waals surface area contributed by atoms with Gasteiger partial charge in [0.05, 0.1) is 31.6 Å². The topological polar surface area (TPSA) is 81.6 Å². The number of carbonyl (C=O) groups is 1. The van der Waals surface area contributed by atoms with Gasteiger partial charge in [0.2, 0.25) is 0 Å². The minimum atomic E-state index is -1.29. The van der Waals surface area contributed by atoms with E-state index < -0.39 is 5.97 Å². The molecule has 0 aromatic carbocycles. The van der Waals surface area contributed by atoms with Gasteiger partial charge in [0.25, 0.3) is 0 Å². The molecule has 0 spiro atoms. The van der Waals surface area contributed by atoms with E-state index in [1.165, 1.54) is 6.20 Å². The summed E-state index contributed by atoms with van der Waals surface area (Å²) < 4.78 is 5.19. The summed E-state index contributed by atoms with van der Waals surface area (Å²) in [5.74, 6) is -0.0101. The Morgan fingerprint density at radius 2 is 2.00 bits per heavy atom. The summed E-state index contributed by atoms with van der Waals surface area (Å²) in [5, 5.41) is 10.8. The smallest absolute Gasteiger partial charge is 0.543 e. The Hall–Kier alpha value is -1.13. The van der Waals surface area contributed by atoms with Gasteiger partial charge in [0.15, 0.2) is 0 Å². The molecule has 2 fully saturated rings. The van der Waals surface area contributed by atoms with Crippen molar-refractivity contribution in [2.45, 2.75) is 0 Å². The fourth-order valence-electron chi connectivity index (χ4n) is 2.52. The maximum absolute atomic E-state index is 10.8. The number of carboxylic acid groups (broad SMARTS) is 1. The summed E-state index contributed by atoms with van der Waals surface area (Å²) in [5.41, 5.74) is -0.114. The Morgan fingerprint density at radius 1 is 1.29 bits per heavy atom. The first-order valence-corrected chi connectivity index (χ1v) is 6.81. The normalized spacial score (nSPS) is 19.7. The average Bonchev–Trinajstić information content (AvgIpc) is 2.44. The summed E-state index contributed by atoms with van der Waals surface area (Å²) >= 11 is 0. The van der Waals surface area contributed by atoms with Crippen LogP contribution in [0, 0.1) is 5.92 Å². The van der Waals surface area contributed by atoms with Crippen molar-refractivity contribution < 1.29 is 33.5 Å². The van der Waals surface area contributed by atoms with E-state index in [0.717, 1.165) is 45.9 Å². The minimum absolute atomic E-state index is 0. The van der Waals surface area contributed by atoms with Crippen molar-refractivity contribution in [1.29, 1.82) is 0 Å². The molecule has 0 saturated carbocycles. The number of hydrogen-bond donors (Lipinski definition) is 0. The molecule has 0 atom stereocenters. The Morgan fingerprint density at radius 3 is 2.57 bits per heavy atom. The maximum atomic E-state index is 10.8. The van der Waals surface area contributed by atoms with Gasteiger partial charge in [-0.2, -0.15) is 0 Å². The van der Waals surface area contributed by atoms with Crippen molar-refractivity contribution >= 4 is 11.8 Å². The predicted octanol–water partition coefficient (Wildman–Crippen LogP) is -4.39. The molecule has 21 heavy (non-hydrogen) atoms. The summed E-state index contributed by atoms with van der Waals surface area (Å²) in [6, 6.07) is 0. The van der Waals surface area contributed by atoms with Crippen LogP contribution < -0.4 is 28.9 Å². The molecule has 0 unspecified atom stereocenters. The van der Waals surface area contributed by atoms with Crippen LogP contribution >= 0.6 is 0 Å². The second-order valence-electron chi connectivity index (χ2n) is 5.24. The Balaban J connectivity index is 0.00000161. The number of aromatic carboxylic acids is 1. The molecule has 0 N–H and O–H groups in total. The first kappa shape index (κ1) is 16.2. The third-order valence-electron chi connectivity index (χ3n) is 3.75. The molecule has 0 amide bonds. The van der Waals surface area contributed by atoms with E-state index in [0.29, 0.717) is 11.7 Å². The summed E-state index contributed by atoms with van der Waals surface area (Å²) in [4.78, 5) is 23.3. The van der Waals surface area contributed by atoms with Gasteiger partial charge in [-0.15, -0.1) is 0 Å². The minimum Gasteiger partial charge on any atom is -0.543 e. The second-order valence-corrected chi connectivity index (χ2v) is 5.24. The van der Waals surface area contributed by atoms with Gasteiger partial charge in [0, 0.05) is 38.6 Å². The number of ether oxygens (including phenoxy) is 1. The van der Waals surface area contributed by atoms with Gasteiger partial charge in [-0.25, -0.2) is 4.98 Å². The number of anilines is 1. The zero-order chi connectivity index (χ0) is 13.9. The molecule has 2 aliphatic heterocycles. The molecule has 0 aliphatic carbocycles. The average molecular weight is 284 g/mol. The van der Waals surface area contributed by atoms with E-state index in [-0.39, 0.29) is 24.6 Å². The van der Waals surface area contributed by atoms with Gasteiger partial charge >= 0.3 is 18.9 Å². The van der Waals surface area contributed by atoms with Crippen molar-refractivity contribution in [3.8, 4) is 0 Å². The number of aromatic nitrogens is 2. The van der Waals surface area contributed by atoms with Crippen LogP contribution in [-0.4, -0.2) is 66.8 Å². The molecule has 0 radical (unpaired) electrons. The van der Waals surface area contributed by atoms with Crippen LogP contribution in [0.3, 0.4) is 0 Å². The van der Waals surface area contributed by atoms with E-state index in [9.17, 15) is 9.90 Å². The number of carboxylic acids is 1. The number of piperazine rings is 1. The molecule has 1 aromatic heterocycles. The molecule has 3 heterocycles. The Kier molecular flexibility index (Phi) is 5.59. The first-order valence-electron chi connectivity index (χ1n) is 6.81. The molecule has 108 valence electrons.